The molecule has 0 aliphatic carbocycles. The average Bonchev–Trinajstić information content (AvgIpc) is 2.72. The number of hydrogen-bond acceptors (Lipinski definition) is 5. The third kappa shape index (κ3) is 4.87. The zero-order valence-corrected chi connectivity index (χ0v) is 19.1. The standard InChI is InChI=1S/C22H20FIN2O5/c1-3-9-31-19-16(24)11-13(12-18(19)30-4-2)10-14-20(27)25-22(29)26(21(14)28)17-8-6-5-7-15(17)23/h5-8,10-12H,3-4,9H2,1-2H3,(H,25,27,29)/b14-10-. The van der Waals surface area contributed by atoms with Gasteiger partial charge in [0.1, 0.15) is 11.4 Å². The van der Waals surface area contributed by atoms with E-state index in [1.54, 1.807) is 12.1 Å². The number of imide groups is 2. The Labute approximate surface area is 192 Å². The molecule has 162 valence electrons. The Hall–Kier alpha value is -2.95. The van der Waals surface area contributed by atoms with E-state index in [2.05, 4.69) is 27.9 Å². The lowest BCUT2D eigenvalue weighted by atomic mass is 10.1. The molecule has 1 aliphatic rings. The smallest absolute Gasteiger partial charge is 0.336 e. The first-order valence-electron chi connectivity index (χ1n) is 9.62. The topological polar surface area (TPSA) is 84.9 Å². The van der Waals surface area contributed by atoms with Crippen LogP contribution in [0.1, 0.15) is 25.8 Å². The maximum atomic E-state index is 14.2. The van der Waals surface area contributed by atoms with E-state index in [0.717, 1.165) is 16.1 Å². The highest BCUT2D eigenvalue weighted by Gasteiger charge is 2.38. The second kappa shape index (κ2) is 9.90. The molecule has 0 saturated carbocycles. The summed E-state index contributed by atoms with van der Waals surface area (Å²) in [5.74, 6) is -1.49. The zero-order chi connectivity index (χ0) is 22.5. The van der Waals surface area contributed by atoms with Crippen molar-refractivity contribution in [1.82, 2.24) is 5.32 Å². The molecule has 0 spiro atoms. The van der Waals surface area contributed by atoms with E-state index in [1.807, 2.05) is 13.8 Å². The minimum atomic E-state index is -1.01. The maximum Gasteiger partial charge on any atom is 0.336 e. The summed E-state index contributed by atoms with van der Waals surface area (Å²) in [5.41, 5.74) is -0.0438. The van der Waals surface area contributed by atoms with Gasteiger partial charge in [0.05, 0.1) is 22.5 Å². The second-order valence-corrected chi connectivity index (χ2v) is 7.68. The molecule has 7 nitrogen and oxygen atoms in total. The van der Waals surface area contributed by atoms with Crippen LogP contribution in [-0.2, 0) is 9.59 Å². The number of urea groups is 1. The first kappa shape index (κ1) is 22.7. The Balaban J connectivity index is 2.03. The van der Waals surface area contributed by atoms with Gasteiger partial charge < -0.3 is 9.47 Å². The van der Waals surface area contributed by atoms with Gasteiger partial charge in [0.25, 0.3) is 11.8 Å². The Morgan fingerprint density at radius 3 is 2.55 bits per heavy atom. The average molecular weight is 538 g/mol. The van der Waals surface area contributed by atoms with Crippen molar-refractivity contribution < 1.29 is 28.2 Å². The molecule has 4 amide bonds. The summed E-state index contributed by atoms with van der Waals surface area (Å²) in [6.45, 7) is 4.73. The van der Waals surface area contributed by atoms with Crippen LogP contribution in [0.2, 0.25) is 0 Å². The molecule has 3 rings (SSSR count). The van der Waals surface area contributed by atoms with Gasteiger partial charge in [-0.25, -0.2) is 14.1 Å². The molecule has 1 aliphatic heterocycles. The highest BCUT2D eigenvalue weighted by Crippen LogP contribution is 2.35. The highest BCUT2D eigenvalue weighted by atomic mass is 127. The monoisotopic (exact) mass is 538 g/mol. The Morgan fingerprint density at radius 2 is 1.87 bits per heavy atom. The molecular weight excluding hydrogens is 518 g/mol. The maximum absolute atomic E-state index is 14.2. The van der Waals surface area contributed by atoms with Crippen LogP contribution in [0.3, 0.4) is 0 Å². The number of para-hydroxylation sites is 1. The van der Waals surface area contributed by atoms with Gasteiger partial charge in [-0.15, -0.1) is 0 Å². The molecule has 0 radical (unpaired) electrons. The summed E-state index contributed by atoms with van der Waals surface area (Å²) >= 11 is 2.08. The van der Waals surface area contributed by atoms with Crippen LogP contribution in [0.25, 0.3) is 6.08 Å². The molecule has 0 unspecified atom stereocenters. The molecule has 31 heavy (non-hydrogen) atoms. The van der Waals surface area contributed by atoms with Crippen molar-refractivity contribution in [1.29, 1.82) is 0 Å². The van der Waals surface area contributed by atoms with Gasteiger partial charge in [-0.3, -0.25) is 14.9 Å². The summed E-state index contributed by atoms with van der Waals surface area (Å²) in [7, 11) is 0. The van der Waals surface area contributed by atoms with Crippen molar-refractivity contribution in [3.63, 3.8) is 0 Å². The molecule has 0 aromatic heterocycles. The lowest BCUT2D eigenvalue weighted by molar-refractivity contribution is -0.122. The lowest BCUT2D eigenvalue weighted by Gasteiger charge is -2.26. The molecule has 0 bridgehead atoms. The molecule has 1 fully saturated rings. The van der Waals surface area contributed by atoms with Gasteiger partial charge in [0.2, 0.25) is 0 Å². The van der Waals surface area contributed by atoms with Crippen molar-refractivity contribution in [2.45, 2.75) is 20.3 Å². The summed E-state index contributed by atoms with van der Waals surface area (Å²) in [6.07, 6.45) is 2.16. The highest BCUT2D eigenvalue weighted by molar-refractivity contribution is 14.1. The summed E-state index contributed by atoms with van der Waals surface area (Å²) in [6, 6.07) is 7.71. The zero-order valence-electron chi connectivity index (χ0n) is 16.9. The first-order chi connectivity index (χ1) is 14.9. The van der Waals surface area contributed by atoms with E-state index >= 15 is 0 Å². The van der Waals surface area contributed by atoms with Crippen LogP contribution in [0.4, 0.5) is 14.9 Å². The number of carbonyl (C=O) groups excluding carboxylic acids is 3. The van der Waals surface area contributed by atoms with E-state index in [-0.39, 0.29) is 11.3 Å². The van der Waals surface area contributed by atoms with Gasteiger partial charge in [0.15, 0.2) is 11.5 Å². The van der Waals surface area contributed by atoms with Crippen molar-refractivity contribution in [2.24, 2.45) is 0 Å². The molecule has 0 atom stereocenters. The van der Waals surface area contributed by atoms with Crippen LogP contribution in [0.15, 0.2) is 42.0 Å². The number of nitrogens with one attached hydrogen (secondary N) is 1. The fraction of sp³-hybridized carbons (Fsp3) is 0.227. The van der Waals surface area contributed by atoms with Gasteiger partial charge >= 0.3 is 6.03 Å². The number of barbiturate groups is 1. The number of hydrogen-bond donors (Lipinski definition) is 1. The number of amides is 4. The van der Waals surface area contributed by atoms with Crippen LogP contribution < -0.4 is 19.7 Å². The number of nitrogens with zero attached hydrogens (tertiary/aromatic N) is 1. The quantitative estimate of drug-likeness (QED) is 0.323. The number of anilines is 1. The number of benzene rings is 2. The number of ether oxygens (including phenoxy) is 2. The van der Waals surface area contributed by atoms with Crippen molar-refractivity contribution >= 4 is 52.2 Å². The predicted molar refractivity (Wildman–Crippen MR) is 122 cm³/mol. The summed E-state index contributed by atoms with van der Waals surface area (Å²) < 4.78 is 26.4. The second-order valence-electron chi connectivity index (χ2n) is 6.52. The van der Waals surface area contributed by atoms with E-state index < -0.39 is 23.7 Å². The van der Waals surface area contributed by atoms with Gasteiger partial charge in [0, 0.05) is 0 Å². The molecule has 2 aromatic carbocycles. The summed E-state index contributed by atoms with van der Waals surface area (Å²) in [4.78, 5) is 38.2. The van der Waals surface area contributed by atoms with Crippen molar-refractivity contribution in [3.05, 3.63) is 56.9 Å². The number of carbonyl (C=O) groups is 3. The van der Waals surface area contributed by atoms with Gasteiger partial charge in [-0.1, -0.05) is 19.1 Å². The van der Waals surface area contributed by atoms with Crippen LogP contribution in [-0.4, -0.2) is 31.1 Å². The molecular formula is C22H20FIN2O5. The van der Waals surface area contributed by atoms with E-state index in [9.17, 15) is 18.8 Å². The first-order valence-corrected chi connectivity index (χ1v) is 10.7. The molecule has 1 saturated heterocycles. The molecule has 1 heterocycles. The third-order valence-corrected chi connectivity index (χ3v) is 5.09. The van der Waals surface area contributed by atoms with Crippen LogP contribution in [0, 0.1) is 9.39 Å². The van der Waals surface area contributed by atoms with Crippen LogP contribution in [0.5, 0.6) is 11.5 Å². The van der Waals surface area contributed by atoms with E-state index in [0.29, 0.717) is 35.2 Å². The molecule has 2 aromatic rings. The van der Waals surface area contributed by atoms with Crippen LogP contribution >= 0.6 is 22.6 Å². The van der Waals surface area contributed by atoms with E-state index in [4.69, 9.17) is 9.47 Å². The number of rotatable bonds is 7. The predicted octanol–water partition coefficient (Wildman–Crippen LogP) is 4.28. The lowest BCUT2D eigenvalue weighted by Crippen LogP contribution is -2.54. The minimum absolute atomic E-state index is 0.240. The van der Waals surface area contributed by atoms with Crippen molar-refractivity contribution in [2.75, 3.05) is 18.1 Å². The Bertz CT molecular complexity index is 1070. The fourth-order valence-electron chi connectivity index (χ4n) is 2.95. The fourth-order valence-corrected chi connectivity index (χ4v) is 3.74. The van der Waals surface area contributed by atoms with Gasteiger partial charge in [-0.2, -0.15) is 0 Å². The number of halogens is 2. The normalized spacial score (nSPS) is 15.3. The molecule has 1 N–H and O–H groups in total. The Morgan fingerprint density at radius 1 is 1.13 bits per heavy atom. The SMILES string of the molecule is CCCOc1c(I)cc(/C=C2/C(=O)NC(=O)N(c3ccccc3F)C2=O)cc1OCC. The van der Waals surface area contributed by atoms with E-state index in [1.165, 1.54) is 24.3 Å². The minimum Gasteiger partial charge on any atom is -0.490 e. The molecule has 9 heteroatoms. The summed E-state index contributed by atoms with van der Waals surface area (Å²) in [5, 5.41) is 2.08. The largest absolute Gasteiger partial charge is 0.490 e. The Kier molecular flexibility index (Phi) is 7.26. The third-order valence-electron chi connectivity index (χ3n) is 4.29. The van der Waals surface area contributed by atoms with Crippen molar-refractivity contribution in [3.8, 4) is 11.5 Å². The van der Waals surface area contributed by atoms with Gasteiger partial charge in [-0.05, 0) is 71.8 Å².